The predicted octanol–water partition coefficient (Wildman–Crippen LogP) is 4.37. The van der Waals surface area contributed by atoms with Crippen molar-refractivity contribution >= 4 is 45.8 Å². The van der Waals surface area contributed by atoms with Gasteiger partial charge in [0.05, 0.1) is 18.7 Å². The lowest BCUT2D eigenvalue weighted by Gasteiger charge is -2.31. The molecule has 2 amide bonds. The molecule has 1 N–H and O–H groups in total. The van der Waals surface area contributed by atoms with Gasteiger partial charge in [-0.3, -0.25) is 9.59 Å². The number of fused-ring (bicyclic) bond motifs is 1. The molecular formula is C29H31ClN6O3. The summed E-state index contributed by atoms with van der Waals surface area (Å²) < 4.78 is 7.00. The van der Waals surface area contributed by atoms with Crippen LogP contribution in [-0.4, -0.2) is 64.1 Å². The van der Waals surface area contributed by atoms with Crippen molar-refractivity contribution in [3.8, 4) is 0 Å². The van der Waals surface area contributed by atoms with Gasteiger partial charge in [-0.15, -0.1) is 5.10 Å². The van der Waals surface area contributed by atoms with Crippen molar-refractivity contribution < 1.29 is 14.3 Å². The SMILES string of the molecule is CC[C@@H](C(=O)Nc1ccc(N2CCOCC2)cc1)N(Cc1ccc(Cl)cc1)C(=O)Cn1nnc2ccccc21. The average Bonchev–Trinajstić information content (AvgIpc) is 3.37. The van der Waals surface area contributed by atoms with Crippen molar-refractivity contribution in [2.75, 3.05) is 36.5 Å². The molecule has 9 nitrogen and oxygen atoms in total. The topological polar surface area (TPSA) is 92.6 Å². The molecule has 0 aliphatic carbocycles. The summed E-state index contributed by atoms with van der Waals surface area (Å²) in [6, 6.07) is 21.8. The van der Waals surface area contributed by atoms with E-state index in [9.17, 15) is 9.59 Å². The van der Waals surface area contributed by atoms with E-state index in [4.69, 9.17) is 16.3 Å². The van der Waals surface area contributed by atoms with Gasteiger partial charge in [0.1, 0.15) is 18.1 Å². The Kier molecular flexibility index (Phi) is 8.39. The largest absolute Gasteiger partial charge is 0.378 e. The minimum Gasteiger partial charge on any atom is -0.378 e. The van der Waals surface area contributed by atoms with Gasteiger partial charge in [0.15, 0.2) is 0 Å². The molecule has 1 fully saturated rings. The molecule has 3 aromatic carbocycles. The Morgan fingerprint density at radius 1 is 1.03 bits per heavy atom. The van der Waals surface area contributed by atoms with E-state index >= 15 is 0 Å². The van der Waals surface area contributed by atoms with Crippen LogP contribution >= 0.6 is 11.6 Å². The van der Waals surface area contributed by atoms with Crippen molar-refractivity contribution in [3.05, 3.63) is 83.4 Å². The second kappa shape index (κ2) is 12.3. The predicted molar refractivity (Wildman–Crippen MR) is 152 cm³/mol. The van der Waals surface area contributed by atoms with E-state index in [-0.39, 0.29) is 24.9 Å². The molecule has 1 atom stereocenters. The number of amides is 2. The first-order valence-corrected chi connectivity index (χ1v) is 13.5. The van der Waals surface area contributed by atoms with Crippen molar-refractivity contribution in [2.24, 2.45) is 0 Å². The molecule has 202 valence electrons. The highest BCUT2D eigenvalue weighted by Gasteiger charge is 2.29. The van der Waals surface area contributed by atoms with Crippen molar-refractivity contribution in [3.63, 3.8) is 0 Å². The van der Waals surface area contributed by atoms with Gasteiger partial charge in [-0.25, -0.2) is 4.68 Å². The zero-order valence-electron chi connectivity index (χ0n) is 21.8. The number of nitrogens with one attached hydrogen (secondary N) is 1. The van der Waals surface area contributed by atoms with Crippen LogP contribution in [0.5, 0.6) is 0 Å². The van der Waals surface area contributed by atoms with Crippen LogP contribution in [0.4, 0.5) is 11.4 Å². The minimum atomic E-state index is -0.693. The van der Waals surface area contributed by atoms with E-state index in [1.807, 2.05) is 67.6 Å². The van der Waals surface area contributed by atoms with E-state index in [1.54, 1.807) is 21.7 Å². The maximum atomic E-state index is 13.7. The highest BCUT2D eigenvalue weighted by atomic mass is 35.5. The van der Waals surface area contributed by atoms with E-state index < -0.39 is 6.04 Å². The maximum Gasteiger partial charge on any atom is 0.247 e. The van der Waals surface area contributed by atoms with Gasteiger partial charge in [-0.1, -0.05) is 48.0 Å². The van der Waals surface area contributed by atoms with Gasteiger partial charge in [0, 0.05) is 36.0 Å². The number of ether oxygens (including phenoxy) is 1. The molecule has 1 aromatic heterocycles. The maximum absolute atomic E-state index is 13.7. The molecular weight excluding hydrogens is 516 g/mol. The summed E-state index contributed by atoms with van der Waals surface area (Å²) in [4.78, 5) is 31.1. The molecule has 0 spiro atoms. The number of nitrogens with zero attached hydrogens (tertiary/aromatic N) is 5. The fourth-order valence-corrected chi connectivity index (χ4v) is 4.89. The number of halogens is 1. The molecule has 0 bridgehead atoms. The van der Waals surface area contributed by atoms with E-state index in [0.29, 0.717) is 35.9 Å². The molecule has 0 radical (unpaired) electrons. The van der Waals surface area contributed by atoms with Crippen LogP contribution < -0.4 is 10.2 Å². The van der Waals surface area contributed by atoms with Crippen LogP contribution in [0.3, 0.4) is 0 Å². The van der Waals surface area contributed by atoms with Crippen LogP contribution in [0.1, 0.15) is 18.9 Å². The number of morpholine rings is 1. The fraction of sp³-hybridized carbons (Fsp3) is 0.310. The number of carbonyl (C=O) groups excluding carboxylic acids is 2. The normalized spacial score (nSPS) is 14.3. The standard InChI is InChI=1S/C29H31ClN6O3/c1-2-26(29(38)31-23-11-13-24(14-12-23)34-15-17-39-18-16-34)35(19-21-7-9-22(30)10-8-21)28(37)20-36-27-6-4-3-5-25(27)32-33-36/h3-14,26H,2,15-20H2,1H3,(H,31,38)/t26-/m0/s1. The summed E-state index contributed by atoms with van der Waals surface area (Å²) in [6.07, 6.45) is 0.440. The number of rotatable bonds is 9. The Hall–Kier alpha value is -3.95. The Morgan fingerprint density at radius 3 is 2.46 bits per heavy atom. The molecule has 5 rings (SSSR count). The quantitative estimate of drug-likeness (QED) is 0.335. The Balaban J connectivity index is 1.35. The molecule has 1 aliphatic heterocycles. The second-order valence-electron chi connectivity index (χ2n) is 9.44. The van der Waals surface area contributed by atoms with Gasteiger partial charge >= 0.3 is 0 Å². The van der Waals surface area contributed by atoms with Gasteiger partial charge < -0.3 is 19.9 Å². The third-order valence-corrected chi connectivity index (χ3v) is 7.12. The molecule has 0 unspecified atom stereocenters. The molecule has 1 aliphatic rings. The Bertz CT molecular complexity index is 1420. The lowest BCUT2D eigenvalue weighted by Crippen LogP contribution is -2.47. The second-order valence-corrected chi connectivity index (χ2v) is 9.88. The van der Waals surface area contributed by atoms with Crippen LogP contribution in [-0.2, 0) is 27.4 Å². The Labute approximate surface area is 232 Å². The van der Waals surface area contributed by atoms with Crippen molar-refractivity contribution in [1.82, 2.24) is 19.9 Å². The number of hydrogen-bond acceptors (Lipinski definition) is 6. The zero-order chi connectivity index (χ0) is 27.2. The molecule has 10 heteroatoms. The van der Waals surface area contributed by atoms with Crippen LogP contribution in [0, 0.1) is 0 Å². The minimum absolute atomic E-state index is 0.0356. The lowest BCUT2D eigenvalue weighted by atomic mass is 10.1. The van der Waals surface area contributed by atoms with E-state index in [1.165, 1.54) is 0 Å². The van der Waals surface area contributed by atoms with E-state index in [0.717, 1.165) is 29.9 Å². The molecule has 39 heavy (non-hydrogen) atoms. The molecule has 1 saturated heterocycles. The first kappa shape index (κ1) is 26.6. The number of anilines is 2. The average molecular weight is 547 g/mol. The first-order chi connectivity index (χ1) is 19.0. The Morgan fingerprint density at radius 2 is 1.74 bits per heavy atom. The summed E-state index contributed by atoms with van der Waals surface area (Å²) in [6.45, 7) is 5.21. The third kappa shape index (κ3) is 6.38. The highest BCUT2D eigenvalue weighted by Crippen LogP contribution is 2.21. The van der Waals surface area contributed by atoms with Gasteiger partial charge in [0.2, 0.25) is 11.8 Å². The van der Waals surface area contributed by atoms with Crippen LogP contribution in [0.2, 0.25) is 5.02 Å². The smallest absolute Gasteiger partial charge is 0.247 e. The summed E-state index contributed by atoms with van der Waals surface area (Å²) in [5, 5.41) is 11.9. The summed E-state index contributed by atoms with van der Waals surface area (Å²) in [5.74, 6) is -0.479. The van der Waals surface area contributed by atoms with E-state index in [2.05, 4.69) is 20.5 Å². The lowest BCUT2D eigenvalue weighted by molar-refractivity contribution is -0.140. The number of para-hydroxylation sites is 1. The number of hydrogen-bond donors (Lipinski definition) is 1. The molecule has 0 saturated carbocycles. The van der Waals surface area contributed by atoms with Crippen molar-refractivity contribution in [2.45, 2.75) is 32.5 Å². The number of aromatic nitrogens is 3. The summed E-state index contributed by atoms with van der Waals surface area (Å²) >= 11 is 6.08. The third-order valence-electron chi connectivity index (χ3n) is 6.87. The van der Waals surface area contributed by atoms with Gasteiger partial charge in [-0.2, -0.15) is 0 Å². The van der Waals surface area contributed by atoms with Gasteiger partial charge in [0.25, 0.3) is 0 Å². The molecule has 4 aromatic rings. The summed E-state index contributed by atoms with van der Waals surface area (Å²) in [7, 11) is 0. The van der Waals surface area contributed by atoms with Crippen LogP contribution in [0.25, 0.3) is 11.0 Å². The van der Waals surface area contributed by atoms with Gasteiger partial charge in [-0.05, 0) is 60.5 Å². The first-order valence-electron chi connectivity index (χ1n) is 13.1. The van der Waals surface area contributed by atoms with Crippen molar-refractivity contribution in [1.29, 1.82) is 0 Å². The fourth-order valence-electron chi connectivity index (χ4n) is 4.76. The zero-order valence-corrected chi connectivity index (χ0v) is 22.6. The number of carbonyl (C=O) groups is 2. The van der Waals surface area contributed by atoms with Crippen LogP contribution in [0.15, 0.2) is 72.8 Å². The number of benzene rings is 3. The monoisotopic (exact) mass is 546 g/mol. The summed E-state index contributed by atoms with van der Waals surface area (Å²) in [5.41, 5.74) is 4.10. The highest BCUT2D eigenvalue weighted by molar-refractivity contribution is 6.30. The molecule has 2 heterocycles.